The molecule has 1 fully saturated rings. The number of aliphatic hydroxyl groups excluding tert-OH is 1. The van der Waals surface area contributed by atoms with E-state index in [4.69, 9.17) is 11.6 Å². The molecule has 3 rings (SSSR count). The average molecular weight is 319 g/mol. The number of carbonyl (C=O) groups is 1. The van der Waals surface area contributed by atoms with Crippen molar-refractivity contribution in [2.75, 3.05) is 6.54 Å². The standard InChI is InChI=1S/C17H19ClN2O2/c18-15-7-6-13(20-8-1-2-9-20)10-14(15)17(22)19-11-12-4-3-5-16(12)21/h1-2,6-10,12,16,21H,3-5,11H2,(H,19,22)/t12-,16+/m1/s1. The van der Waals surface area contributed by atoms with E-state index >= 15 is 0 Å². The summed E-state index contributed by atoms with van der Waals surface area (Å²) < 4.78 is 1.92. The second-order valence-corrected chi connectivity index (χ2v) is 6.13. The first-order valence-corrected chi connectivity index (χ1v) is 7.92. The lowest BCUT2D eigenvalue weighted by Gasteiger charge is -2.16. The van der Waals surface area contributed by atoms with Gasteiger partial charge in [-0.1, -0.05) is 18.0 Å². The zero-order valence-corrected chi connectivity index (χ0v) is 13.0. The summed E-state index contributed by atoms with van der Waals surface area (Å²) >= 11 is 6.16. The molecule has 22 heavy (non-hydrogen) atoms. The van der Waals surface area contributed by atoms with Crippen molar-refractivity contribution in [1.82, 2.24) is 9.88 Å². The molecule has 0 spiro atoms. The molecule has 1 amide bonds. The molecule has 2 atom stereocenters. The Balaban J connectivity index is 1.73. The lowest BCUT2D eigenvalue weighted by Crippen LogP contribution is -2.32. The van der Waals surface area contributed by atoms with Crippen molar-refractivity contribution in [2.45, 2.75) is 25.4 Å². The Morgan fingerprint density at radius 2 is 2.09 bits per heavy atom. The van der Waals surface area contributed by atoms with Crippen LogP contribution in [0.3, 0.4) is 0 Å². The van der Waals surface area contributed by atoms with Gasteiger partial charge in [-0.3, -0.25) is 4.79 Å². The minimum Gasteiger partial charge on any atom is -0.393 e. The fourth-order valence-corrected chi connectivity index (χ4v) is 3.13. The van der Waals surface area contributed by atoms with Gasteiger partial charge in [-0.25, -0.2) is 0 Å². The number of halogens is 1. The molecule has 0 radical (unpaired) electrons. The number of nitrogens with zero attached hydrogens (tertiary/aromatic N) is 1. The third-order valence-corrected chi connectivity index (χ3v) is 4.57. The fraction of sp³-hybridized carbons (Fsp3) is 0.353. The Labute approximate surface area is 134 Å². The number of aromatic nitrogens is 1. The molecule has 116 valence electrons. The first-order valence-electron chi connectivity index (χ1n) is 7.54. The van der Waals surface area contributed by atoms with Crippen LogP contribution in [-0.2, 0) is 0 Å². The van der Waals surface area contributed by atoms with Gasteiger partial charge >= 0.3 is 0 Å². The van der Waals surface area contributed by atoms with Gasteiger partial charge in [-0.05, 0) is 43.2 Å². The van der Waals surface area contributed by atoms with Crippen LogP contribution >= 0.6 is 11.6 Å². The van der Waals surface area contributed by atoms with E-state index < -0.39 is 0 Å². The summed E-state index contributed by atoms with van der Waals surface area (Å²) in [6.45, 7) is 0.490. The number of nitrogens with one attached hydrogen (secondary N) is 1. The topological polar surface area (TPSA) is 54.3 Å². The Bertz CT molecular complexity index is 655. The summed E-state index contributed by atoms with van der Waals surface area (Å²) in [6, 6.07) is 9.24. The van der Waals surface area contributed by atoms with Crippen LogP contribution in [0.4, 0.5) is 0 Å². The van der Waals surface area contributed by atoms with Gasteiger partial charge in [0.25, 0.3) is 5.91 Å². The molecule has 1 aromatic heterocycles. The summed E-state index contributed by atoms with van der Waals surface area (Å²) in [5, 5.41) is 13.1. The highest BCUT2D eigenvalue weighted by molar-refractivity contribution is 6.33. The summed E-state index contributed by atoms with van der Waals surface area (Å²) in [5.74, 6) is -0.0477. The van der Waals surface area contributed by atoms with E-state index in [9.17, 15) is 9.90 Å². The van der Waals surface area contributed by atoms with E-state index in [2.05, 4.69) is 5.32 Å². The smallest absolute Gasteiger partial charge is 0.252 e. The first-order chi connectivity index (χ1) is 10.6. The minimum atomic E-state index is -0.304. The van der Waals surface area contributed by atoms with Crippen LogP contribution in [0.5, 0.6) is 0 Å². The Morgan fingerprint density at radius 3 is 2.77 bits per heavy atom. The zero-order chi connectivity index (χ0) is 15.5. The molecule has 0 aliphatic heterocycles. The third kappa shape index (κ3) is 3.18. The molecule has 1 aliphatic rings. The van der Waals surface area contributed by atoms with Gasteiger partial charge in [0.2, 0.25) is 0 Å². The Hall–Kier alpha value is -1.78. The zero-order valence-electron chi connectivity index (χ0n) is 12.2. The highest BCUT2D eigenvalue weighted by Gasteiger charge is 2.25. The van der Waals surface area contributed by atoms with Crippen molar-refractivity contribution in [3.8, 4) is 5.69 Å². The molecule has 0 saturated heterocycles. The van der Waals surface area contributed by atoms with Crippen molar-refractivity contribution in [1.29, 1.82) is 0 Å². The molecule has 0 bridgehead atoms. The maximum atomic E-state index is 12.4. The Kier molecular flexibility index (Phi) is 4.50. The monoisotopic (exact) mass is 318 g/mol. The molecule has 4 nitrogen and oxygen atoms in total. The molecule has 1 aliphatic carbocycles. The maximum absolute atomic E-state index is 12.4. The van der Waals surface area contributed by atoms with E-state index in [1.807, 2.05) is 35.2 Å². The SMILES string of the molecule is O=C(NC[C@H]1CCC[C@@H]1O)c1cc(-n2cccc2)ccc1Cl. The van der Waals surface area contributed by atoms with Crippen LogP contribution < -0.4 is 5.32 Å². The van der Waals surface area contributed by atoms with Gasteiger partial charge in [-0.15, -0.1) is 0 Å². The molecule has 0 unspecified atom stereocenters. The van der Waals surface area contributed by atoms with Crippen LogP contribution in [-0.4, -0.2) is 28.2 Å². The normalized spacial score (nSPS) is 21.0. The van der Waals surface area contributed by atoms with E-state index in [-0.39, 0.29) is 17.9 Å². The minimum absolute atomic E-state index is 0.148. The highest BCUT2D eigenvalue weighted by atomic mass is 35.5. The summed E-state index contributed by atoms with van der Waals surface area (Å²) in [5.41, 5.74) is 1.35. The maximum Gasteiger partial charge on any atom is 0.252 e. The summed E-state index contributed by atoms with van der Waals surface area (Å²) in [6.07, 6.45) is 6.33. The van der Waals surface area contributed by atoms with Crippen molar-refractivity contribution in [3.05, 3.63) is 53.3 Å². The predicted octanol–water partition coefficient (Wildman–Crippen LogP) is 3.02. The number of benzene rings is 1. The number of hydrogen-bond donors (Lipinski definition) is 2. The number of hydrogen-bond acceptors (Lipinski definition) is 2. The van der Waals surface area contributed by atoms with Crippen molar-refractivity contribution in [3.63, 3.8) is 0 Å². The molecule has 1 saturated carbocycles. The first kappa shape index (κ1) is 15.1. The second-order valence-electron chi connectivity index (χ2n) is 5.72. The number of rotatable bonds is 4. The molecule has 2 N–H and O–H groups in total. The fourth-order valence-electron chi connectivity index (χ4n) is 2.93. The van der Waals surface area contributed by atoms with Crippen LogP contribution in [0, 0.1) is 5.92 Å². The van der Waals surface area contributed by atoms with E-state index in [0.29, 0.717) is 17.1 Å². The third-order valence-electron chi connectivity index (χ3n) is 4.24. The lowest BCUT2D eigenvalue weighted by molar-refractivity contribution is 0.0917. The molecule has 1 aromatic carbocycles. The van der Waals surface area contributed by atoms with Crippen molar-refractivity contribution < 1.29 is 9.90 Å². The van der Waals surface area contributed by atoms with Gasteiger partial charge in [-0.2, -0.15) is 0 Å². The molecule has 5 heteroatoms. The van der Waals surface area contributed by atoms with Crippen LogP contribution in [0.1, 0.15) is 29.6 Å². The summed E-state index contributed by atoms with van der Waals surface area (Å²) in [4.78, 5) is 12.4. The van der Waals surface area contributed by atoms with E-state index in [1.54, 1.807) is 12.1 Å². The number of aliphatic hydroxyl groups is 1. The van der Waals surface area contributed by atoms with Gasteiger partial charge in [0.1, 0.15) is 0 Å². The molecule has 2 aromatic rings. The van der Waals surface area contributed by atoms with Gasteiger partial charge in [0.15, 0.2) is 0 Å². The lowest BCUT2D eigenvalue weighted by atomic mass is 10.1. The largest absolute Gasteiger partial charge is 0.393 e. The summed E-state index contributed by atoms with van der Waals surface area (Å²) in [7, 11) is 0. The number of amides is 1. The van der Waals surface area contributed by atoms with Crippen LogP contribution in [0.2, 0.25) is 5.02 Å². The van der Waals surface area contributed by atoms with E-state index in [1.165, 1.54) is 0 Å². The molecule has 1 heterocycles. The van der Waals surface area contributed by atoms with Crippen LogP contribution in [0.25, 0.3) is 5.69 Å². The average Bonchev–Trinajstić information content (AvgIpc) is 3.17. The van der Waals surface area contributed by atoms with Crippen molar-refractivity contribution in [2.24, 2.45) is 5.92 Å². The predicted molar refractivity (Wildman–Crippen MR) is 86.5 cm³/mol. The van der Waals surface area contributed by atoms with Crippen LogP contribution in [0.15, 0.2) is 42.7 Å². The quantitative estimate of drug-likeness (QED) is 0.910. The molecular formula is C17H19ClN2O2. The van der Waals surface area contributed by atoms with Gasteiger partial charge in [0.05, 0.1) is 16.7 Å². The van der Waals surface area contributed by atoms with Gasteiger partial charge < -0.3 is 15.0 Å². The van der Waals surface area contributed by atoms with E-state index in [0.717, 1.165) is 24.9 Å². The highest BCUT2D eigenvalue weighted by Crippen LogP contribution is 2.25. The molecular weight excluding hydrogens is 300 g/mol. The Morgan fingerprint density at radius 1 is 1.32 bits per heavy atom. The second kappa shape index (κ2) is 6.55. The van der Waals surface area contributed by atoms with Gasteiger partial charge in [0, 0.05) is 30.5 Å². The number of carbonyl (C=O) groups excluding carboxylic acids is 1. The van der Waals surface area contributed by atoms with Crippen molar-refractivity contribution >= 4 is 17.5 Å².